The Morgan fingerprint density at radius 2 is 1.93 bits per heavy atom. The molecule has 0 saturated carbocycles. The number of hydrogen-bond donors (Lipinski definition) is 3. The van der Waals surface area contributed by atoms with Crippen LogP contribution in [0.4, 0.5) is 10.2 Å². The fraction of sp³-hybridized carbons (Fsp3) is 0.235. The van der Waals surface area contributed by atoms with Crippen molar-refractivity contribution >= 4 is 28.9 Å². The second-order valence-corrected chi connectivity index (χ2v) is 6.09. The molecule has 1 aromatic carbocycles. The van der Waals surface area contributed by atoms with Crippen molar-refractivity contribution in [2.45, 2.75) is 24.6 Å². The van der Waals surface area contributed by atoms with Crippen LogP contribution in [0.5, 0.6) is 0 Å². The minimum absolute atomic E-state index is 0.0985. The van der Waals surface area contributed by atoms with Crippen molar-refractivity contribution in [1.29, 1.82) is 0 Å². The first kappa shape index (κ1) is 17.9. The van der Waals surface area contributed by atoms with Gasteiger partial charge in [0, 0.05) is 5.56 Å². The van der Waals surface area contributed by atoms with Crippen molar-refractivity contribution in [3.8, 4) is 0 Å². The predicted octanol–water partition coefficient (Wildman–Crippen LogP) is 0.760. The third kappa shape index (κ3) is 2.96. The number of ether oxygens (including phenoxy) is 1. The minimum Gasteiger partial charge on any atom is -0.479 e. The lowest BCUT2D eigenvalue weighted by atomic mass is 10.1. The molecule has 1 fully saturated rings. The van der Waals surface area contributed by atoms with Crippen LogP contribution in [-0.4, -0.2) is 60.0 Å². The number of aromatic nitrogens is 4. The van der Waals surface area contributed by atoms with Crippen LogP contribution < -0.4 is 5.32 Å². The maximum absolute atomic E-state index is 14.4. The van der Waals surface area contributed by atoms with E-state index in [1.807, 2.05) is 0 Å². The Bertz CT molecular complexity index is 1040. The summed E-state index contributed by atoms with van der Waals surface area (Å²) in [6.07, 6.45) is -4.65. The first-order valence-corrected chi connectivity index (χ1v) is 8.21. The summed E-state index contributed by atoms with van der Waals surface area (Å²) in [6, 6.07) is 8.44. The lowest BCUT2D eigenvalue weighted by Gasteiger charge is -2.14. The number of carbonyl (C=O) groups is 2. The highest BCUT2D eigenvalue weighted by atomic mass is 19.1. The summed E-state index contributed by atoms with van der Waals surface area (Å²) in [5, 5.41) is 21.4. The van der Waals surface area contributed by atoms with Gasteiger partial charge < -0.3 is 20.3 Å². The van der Waals surface area contributed by atoms with Gasteiger partial charge in [-0.2, -0.15) is 0 Å². The van der Waals surface area contributed by atoms with Crippen molar-refractivity contribution in [2.75, 3.05) is 5.32 Å². The monoisotopic (exact) mass is 387 g/mol. The number of aliphatic hydroxyl groups is 1. The topological polar surface area (TPSA) is 139 Å². The standard InChI is InChI=1S/C17H14FN5O5/c18-9-11(24)12(17(26)27)28-16(9)23-7-21-10-13(19-6-20-14(10)23)22-15(25)8-4-2-1-3-5-8/h1-7,9,11-12,16,24H,(H,26,27)(H,19,20,22,25)/t9-,11-,12?,16+/m0/s1. The molecule has 0 radical (unpaired) electrons. The van der Waals surface area contributed by atoms with Gasteiger partial charge in [0.25, 0.3) is 5.91 Å². The molecule has 1 unspecified atom stereocenters. The molecule has 0 aliphatic carbocycles. The molecule has 1 aliphatic heterocycles. The van der Waals surface area contributed by atoms with Crippen molar-refractivity contribution in [2.24, 2.45) is 0 Å². The molecule has 0 spiro atoms. The van der Waals surface area contributed by atoms with Crippen LogP contribution in [0.1, 0.15) is 16.6 Å². The second kappa shape index (κ2) is 6.94. The number of imidazole rings is 1. The molecule has 3 heterocycles. The third-order valence-electron chi connectivity index (χ3n) is 4.34. The zero-order valence-electron chi connectivity index (χ0n) is 14.1. The number of carbonyl (C=O) groups excluding carboxylic acids is 1. The predicted molar refractivity (Wildman–Crippen MR) is 92.2 cm³/mol. The van der Waals surface area contributed by atoms with Gasteiger partial charge in [0.15, 0.2) is 35.5 Å². The van der Waals surface area contributed by atoms with Crippen molar-refractivity contribution in [3.63, 3.8) is 0 Å². The van der Waals surface area contributed by atoms with Crippen LogP contribution in [0.2, 0.25) is 0 Å². The normalized spacial score (nSPS) is 24.4. The van der Waals surface area contributed by atoms with Gasteiger partial charge in [-0.3, -0.25) is 9.36 Å². The molecule has 4 atom stereocenters. The van der Waals surface area contributed by atoms with Crippen LogP contribution in [0.3, 0.4) is 0 Å². The van der Waals surface area contributed by atoms with E-state index in [1.165, 1.54) is 6.33 Å². The summed E-state index contributed by atoms with van der Waals surface area (Å²) < 4.78 is 20.7. The first-order chi connectivity index (χ1) is 13.5. The SMILES string of the molecule is O=C(Nc1ncnc2c1ncn2[C@@H]1OC(C(=O)O)[C@@H](O)[C@@H]1F)c1ccccc1. The van der Waals surface area contributed by atoms with E-state index >= 15 is 0 Å². The van der Waals surface area contributed by atoms with Crippen LogP contribution in [0.15, 0.2) is 43.0 Å². The molecule has 4 rings (SSSR count). The Morgan fingerprint density at radius 3 is 2.61 bits per heavy atom. The van der Waals surface area contributed by atoms with E-state index in [9.17, 15) is 19.1 Å². The van der Waals surface area contributed by atoms with E-state index in [2.05, 4.69) is 20.3 Å². The number of anilines is 1. The summed E-state index contributed by atoms with van der Waals surface area (Å²) in [5.41, 5.74) is 0.684. The van der Waals surface area contributed by atoms with Gasteiger partial charge in [-0.25, -0.2) is 24.1 Å². The van der Waals surface area contributed by atoms with E-state index in [0.29, 0.717) is 5.56 Å². The van der Waals surface area contributed by atoms with Crippen LogP contribution in [0.25, 0.3) is 11.2 Å². The summed E-state index contributed by atoms with van der Waals surface area (Å²) in [7, 11) is 0. The van der Waals surface area contributed by atoms with Gasteiger partial charge in [0.05, 0.1) is 6.33 Å². The number of nitrogens with zero attached hydrogens (tertiary/aromatic N) is 4. The maximum Gasteiger partial charge on any atom is 0.335 e. The van der Waals surface area contributed by atoms with Gasteiger partial charge in [-0.1, -0.05) is 18.2 Å². The Hall–Kier alpha value is -3.44. The highest BCUT2D eigenvalue weighted by molar-refractivity contribution is 6.06. The van der Waals surface area contributed by atoms with Crippen LogP contribution in [0, 0.1) is 0 Å². The molecule has 3 N–H and O–H groups in total. The number of aliphatic hydroxyl groups excluding tert-OH is 1. The number of nitrogens with one attached hydrogen (secondary N) is 1. The Labute approximate surface area is 156 Å². The number of fused-ring (bicyclic) bond motifs is 1. The zero-order chi connectivity index (χ0) is 19.8. The number of amides is 1. The lowest BCUT2D eigenvalue weighted by Crippen LogP contribution is -2.34. The average molecular weight is 387 g/mol. The van der Waals surface area contributed by atoms with Gasteiger partial charge in [0.1, 0.15) is 12.4 Å². The van der Waals surface area contributed by atoms with Crippen molar-refractivity contribution in [3.05, 3.63) is 48.5 Å². The zero-order valence-corrected chi connectivity index (χ0v) is 14.1. The largest absolute Gasteiger partial charge is 0.479 e. The van der Waals surface area contributed by atoms with Gasteiger partial charge >= 0.3 is 5.97 Å². The molecule has 28 heavy (non-hydrogen) atoms. The van der Waals surface area contributed by atoms with Crippen LogP contribution in [-0.2, 0) is 9.53 Å². The van der Waals surface area contributed by atoms with E-state index in [1.54, 1.807) is 30.3 Å². The summed E-state index contributed by atoms with van der Waals surface area (Å²) in [4.78, 5) is 35.5. The summed E-state index contributed by atoms with van der Waals surface area (Å²) in [6.45, 7) is 0. The molecular formula is C17H14FN5O5. The van der Waals surface area contributed by atoms with Gasteiger partial charge in [-0.05, 0) is 12.1 Å². The number of halogens is 1. The quantitative estimate of drug-likeness (QED) is 0.596. The van der Waals surface area contributed by atoms with E-state index in [0.717, 1.165) is 10.9 Å². The third-order valence-corrected chi connectivity index (χ3v) is 4.34. The lowest BCUT2D eigenvalue weighted by molar-refractivity contribution is -0.155. The van der Waals surface area contributed by atoms with Crippen molar-refractivity contribution < 1.29 is 28.9 Å². The smallest absolute Gasteiger partial charge is 0.335 e. The molecular weight excluding hydrogens is 373 g/mol. The molecule has 144 valence electrons. The number of carboxylic acids is 1. The molecule has 3 aromatic rings. The van der Waals surface area contributed by atoms with Crippen molar-refractivity contribution in [1.82, 2.24) is 19.5 Å². The Balaban J connectivity index is 1.66. The number of hydrogen-bond acceptors (Lipinski definition) is 7. The fourth-order valence-electron chi connectivity index (χ4n) is 2.96. The second-order valence-electron chi connectivity index (χ2n) is 6.09. The number of aliphatic carboxylic acids is 1. The Kier molecular flexibility index (Phi) is 4.45. The van der Waals surface area contributed by atoms with E-state index in [-0.39, 0.29) is 17.0 Å². The van der Waals surface area contributed by atoms with Crippen LogP contribution >= 0.6 is 0 Å². The Morgan fingerprint density at radius 1 is 1.18 bits per heavy atom. The maximum atomic E-state index is 14.4. The number of benzene rings is 1. The first-order valence-electron chi connectivity index (χ1n) is 8.21. The molecule has 1 amide bonds. The van der Waals surface area contributed by atoms with E-state index in [4.69, 9.17) is 9.84 Å². The van der Waals surface area contributed by atoms with E-state index < -0.39 is 36.5 Å². The minimum atomic E-state index is -2.00. The average Bonchev–Trinajstić information content (AvgIpc) is 3.25. The summed E-state index contributed by atoms with van der Waals surface area (Å²) >= 11 is 0. The highest BCUT2D eigenvalue weighted by Gasteiger charge is 2.49. The number of rotatable bonds is 4. The molecule has 2 aromatic heterocycles. The summed E-state index contributed by atoms with van der Waals surface area (Å²) in [5.74, 6) is -1.80. The molecule has 1 aliphatic rings. The molecule has 1 saturated heterocycles. The van der Waals surface area contributed by atoms with Gasteiger partial charge in [-0.15, -0.1) is 0 Å². The number of alkyl halides is 1. The number of carboxylic acid groups (broad SMARTS) is 1. The molecule has 0 bridgehead atoms. The highest BCUT2D eigenvalue weighted by Crippen LogP contribution is 2.34. The van der Waals surface area contributed by atoms with Gasteiger partial charge in [0.2, 0.25) is 0 Å². The molecule has 10 nitrogen and oxygen atoms in total. The fourth-order valence-corrected chi connectivity index (χ4v) is 2.96. The molecule has 11 heteroatoms.